The number of hydrogen-bond donors (Lipinski definition) is 1. The molecule has 21 heavy (non-hydrogen) atoms. The number of nitrogens with one attached hydrogen (secondary N) is 1. The number of carbonyl (C=O) groups is 1. The number of rotatable bonds is 5. The third-order valence-electron chi connectivity index (χ3n) is 3.51. The molecule has 1 unspecified atom stereocenters. The maximum Gasteiger partial charge on any atom is 0.242 e. The third-order valence-corrected chi connectivity index (χ3v) is 4.44. The van der Waals surface area contributed by atoms with Crippen LogP contribution in [0.4, 0.5) is 0 Å². The van der Waals surface area contributed by atoms with Gasteiger partial charge in [0.05, 0.1) is 6.54 Å². The summed E-state index contributed by atoms with van der Waals surface area (Å²) in [5.41, 5.74) is 0. The largest absolute Gasteiger partial charge is 0.353 e. The molecule has 112 valence electrons. The van der Waals surface area contributed by atoms with E-state index in [0.29, 0.717) is 13.1 Å². The van der Waals surface area contributed by atoms with Crippen LogP contribution >= 0.6 is 11.3 Å². The normalized spacial score (nSPS) is 19.7. The van der Waals surface area contributed by atoms with E-state index < -0.39 is 0 Å². The number of hydrogen-bond acceptors (Lipinski definition) is 6. The van der Waals surface area contributed by atoms with Crippen molar-refractivity contribution in [2.24, 2.45) is 0 Å². The van der Waals surface area contributed by atoms with Crippen LogP contribution in [0.3, 0.4) is 0 Å². The Morgan fingerprint density at radius 3 is 3.19 bits per heavy atom. The summed E-state index contributed by atoms with van der Waals surface area (Å²) in [7, 11) is 0. The van der Waals surface area contributed by atoms with Crippen molar-refractivity contribution in [1.82, 2.24) is 30.4 Å². The van der Waals surface area contributed by atoms with Crippen molar-refractivity contribution in [3.63, 3.8) is 0 Å². The van der Waals surface area contributed by atoms with Gasteiger partial charge in [-0.1, -0.05) is 13.0 Å². The Morgan fingerprint density at radius 1 is 1.52 bits per heavy atom. The summed E-state index contributed by atoms with van der Waals surface area (Å²) in [6, 6.07) is 3.73. The number of piperazine rings is 1. The number of tetrazole rings is 1. The van der Waals surface area contributed by atoms with Crippen LogP contribution in [0.1, 0.15) is 30.1 Å². The molecule has 2 aromatic rings. The lowest BCUT2D eigenvalue weighted by Crippen LogP contribution is -2.49. The molecule has 1 amide bonds. The van der Waals surface area contributed by atoms with Crippen LogP contribution in [-0.2, 0) is 17.9 Å². The van der Waals surface area contributed by atoms with Crippen LogP contribution in [0, 0.1) is 0 Å². The summed E-state index contributed by atoms with van der Waals surface area (Å²) in [6.07, 6.45) is 0.979. The molecule has 8 heteroatoms. The number of carbonyl (C=O) groups excluding carboxylic acids is 1. The van der Waals surface area contributed by atoms with Crippen LogP contribution in [0.15, 0.2) is 17.5 Å². The number of nitrogens with zero attached hydrogens (tertiary/aromatic N) is 5. The van der Waals surface area contributed by atoms with Gasteiger partial charge in [0, 0.05) is 24.5 Å². The summed E-state index contributed by atoms with van der Waals surface area (Å²) in [6.45, 7) is 4.94. The molecule has 0 radical (unpaired) electrons. The summed E-state index contributed by atoms with van der Waals surface area (Å²) in [4.78, 5) is 15.4. The molecule has 1 N–H and O–H groups in total. The van der Waals surface area contributed by atoms with Crippen molar-refractivity contribution in [2.45, 2.75) is 32.5 Å². The van der Waals surface area contributed by atoms with E-state index in [2.05, 4.69) is 32.7 Å². The fourth-order valence-corrected chi connectivity index (χ4v) is 3.40. The molecule has 1 aliphatic rings. The van der Waals surface area contributed by atoms with Crippen molar-refractivity contribution in [3.05, 3.63) is 28.2 Å². The molecule has 2 aromatic heterocycles. The van der Waals surface area contributed by atoms with Gasteiger partial charge in [-0.15, -0.1) is 16.4 Å². The molecule has 1 saturated heterocycles. The van der Waals surface area contributed by atoms with E-state index in [1.165, 1.54) is 0 Å². The first kappa shape index (κ1) is 14.2. The highest BCUT2D eigenvalue weighted by molar-refractivity contribution is 7.10. The minimum absolute atomic E-state index is 0.0539. The van der Waals surface area contributed by atoms with Crippen molar-refractivity contribution in [3.8, 4) is 0 Å². The Labute approximate surface area is 126 Å². The molecule has 1 aliphatic heterocycles. The standard InChI is InChI=1S/C13H18N6OS/c1-2-6-19-11(15-16-17-19)9-18-7-5-14-13(20)12(18)10-4-3-8-21-10/h3-4,8,12H,2,5-7,9H2,1H3,(H,14,20). The van der Waals surface area contributed by atoms with E-state index in [9.17, 15) is 4.79 Å². The topological polar surface area (TPSA) is 75.9 Å². The van der Waals surface area contributed by atoms with E-state index in [1.807, 2.05) is 22.2 Å². The highest BCUT2D eigenvalue weighted by Crippen LogP contribution is 2.28. The summed E-state index contributed by atoms with van der Waals surface area (Å²) < 4.78 is 1.82. The van der Waals surface area contributed by atoms with E-state index in [1.54, 1.807) is 11.3 Å². The smallest absolute Gasteiger partial charge is 0.242 e. The van der Waals surface area contributed by atoms with Crippen molar-refractivity contribution in [2.75, 3.05) is 13.1 Å². The molecule has 3 heterocycles. The number of aryl methyl sites for hydroxylation is 1. The second-order valence-electron chi connectivity index (χ2n) is 5.00. The average molecular weight is 306 g/mol. The number of thiophene rings is 1. The Morgan fingerprint density at radius 2 is 2.43 bits per heavy atom. The van der Waals surface area contributed by atoms with Gasteiger partial charge in [0.25, 0.3) is 0 Å². The minimum atomic E-state index is -0.245. The molecular weight excluding hydrogens is 288 g/mol. The Balaban J connectivity index is 1.81. The maximum absolute atomic E-state index is 12.2. The molecule has 0 aromatic carbocycles. The van der Waals surface area contributed by atoms with Crippen LogP contribution in [0.5, 0.6) is 0 Å². The SMILES string of the molecule is CCCn1nnnc1CN1CCNC(=O)C1c1cccs1. The molecule has 0 spiro atoms. The second kappa shape index (κ2) is 6.31. The quantitative estimate of drug-likeness (QED) is 0.885. The average Bonchev–Trinajstić information content (AvgIpc) is 3.12. The van der Waals surface area contributed by atoms with Crippen molar-refractivity contribution >= 4 is 17.2 Å². The highest BCUT2D eigenvalue weighted by atomic mass is 32.1. The summed E-state index contributed by atoms with van der Waals surface area (Å²) in [5, 5.41) is 16.8. The van der Waals surface area contributed by atoms with Gasteiger partial charge in [-0.25, -0.2) is 4.68 Å². The zero-order valence-corrected chi connectivity index (χ0v) is 12.7. The zero-order valence-electron chi connectivity index (χ0n) is 11.9. The monoisotopic (exact) mass is 306 g/mol. The molecule has 3 rings (SSSR count). The molecule has 0 bridgehead atoms. The Bertz CT molecular complexity index is 596. The van der Waals surface area contributed by atoms with Crippen molar-refractivity contribution < 1.29 is 4.79 Å². The fraction of sp³-hybridized carbons (Fsp3) is 0.538. The van der Waals surface area contributed by atoms with Gasteiger partial charge in [0.1, 0.15) is 6.04 Å². The maximum atomic E-state index is 12.2. The summed E-state index contributed by atoms with van der Waals surface area (Å²) >= 11 is 1.60. The summed E-state index contributed by atoms with van der Waals surface area (Å²) in [5.74, 6) is 0.867. The van der Waals surface area contributed by atoms with E-state index in [-0.39, 0.29) is 11.9 Å². The van der Waals surface area contributed by atoms with Crippen LogP contribution < -0.4 is 5.32 Å². The third kappa shape index (κ3) is 2.96. The van der Waals surface area contributed by atoms with Gasteiger partial charge in [-0.05, 0) is 28.3 Å². The van der Waals surface area contributed by atoms with Gasteiger partial charge in [-0.2, -0.15) is 0 Å². The van der Waals surface area contributed by atoms with Gasteiger partial charge >= 0.3 is 0 Å². The van der Waals surface area contributed by atoms with Crippen LogP contribution in [0.25, 0.3) is 0 Å². The first-order chi connectivity index (χ1) is 10.3. The molecule has 1 fully saturated rings. The van der Waals surface area contributed by atoms with Gasteiger partial charge < -0.3 is 5.32 Å². The minimum Gasteiger partial charge on any atom is -0.353 e. The molecular formula is C13H18N6OS. The Kier molecular flexibility index (Phi) is 4.26. The van der Waals surface area contributed by atoms with E-state index in [0.717, 1.165) is 30.2 Å². The van der Waals surface area contributed by atoms with Gasteiger partial charge in [0.15, 0.2) is 5.82 Å². The lowest BCUT2D eigenvalue weighted by molar-refractivity contribution is -0.129. The van der Waals surface area contributed by atoms with E-state index >= 15 is 0 Å². The zero-order chi connectivity index (χ0) is 14.7. The second-order valence-corrected chi connectivity index (χ2v) is 5.98. The Hall–Kier alpha value is -1.80. The molecule has 0 aliphatic carbocycles. The first-order valence-electron chi connectivity index (χ1n) is 7.09. The lowest BCUT2D eigenvalue weighted by Gasteiger charge is -2.33. The molecule has 1 atom stereocenters. The van der Waals surface area contributed by atoms with Crippen LogP contribution in [-0.4, -0.2) is 44.1 Å². The lowest BCUT2D eigenvalue weighted by atomic mass is 10.1. The van der Waals surface area contributed by atoms with Crippen LogP contribution in [0.2, 0.25) is 0 Å². The first-order valence-corrected chi connectivity index (χ1v) is 7.97. The number of amides is 1. The van der Waals surface area contributed by atoms with E-state index in [4.69, 9.17) is 0 Å². The predicted octanol–water partition coefficient (Wildman–Crippen LogP) is 0.818. The number of aromatic nitrogens is 4. The van der Waals surface area contributed by atoms with Gasteiger partial charge in [-0.3, -0.25) is 9.69 Å². The highest BCUT2D eigenvalue weighted by Gasteiger charge is 2.32. The molecule has 7 nitrogen and oxygen atoms in total. The fourth-order valence-electron chi connectivity index (χ4n) is 2.54. The van der Waals surface area contributed by atoms with Gasteiger partial charge in [0.2, 0.25) is 5.91 Å². The van der Waals surface area contributed by atoms with Crippen molar-refractivity contribution in [1.29, 1.82) is 0 Å². The predicted molar refractivity (Wildman–Crippen MR) is 78.6 cm³/mol. The molecule has 0 saturated carbocycles.